The number of methoxy groups -OCH3 is 1. The molecule has 2 rings (SSSR count). The summed E-state index contributed by atoms with van der Waals surface area (Å²) in [6, 6.07) is 4.94. The molecule has 8 nitrogen and oxygen atoms in total. The highest BCUT2D eigenvalue weighted by atomic mass is 16.5. The molecule has 1 fully saturated rings. The van der Waals surface area contributed by atoms with Gasteiger partial charge in [-0.1, -0.05) is 0 Å². The Balaban J connectivity index is 2.02. The molecule has 0 spiro atoms. The lowest BCUT2D eigenvalue weighted by Gasteiger charge is -2.31. The fourth-order valence-corrected chi connectivity index (χ4v) is 3.06. The van der Waals surface area contributed by atoms with Gasteiger partial charge in [0.05, 0.1) is 13.7 Å². The molecule has 0 aromatic heterocycles. The smallest absolute Gasteiger partial charge is 0.325 e. The van der Waals surface area contributed by atoms with E-state index in [0.29, 0.717) is 30.2 Å². The van der Waals surface area contributed by atoms with E-state index in [-0.39, 0.29) is 31.1 Å². The van der Waals surface area contributed by atoms with Crippen molar-refractivity contribution in [3.63, 3.8) is 0 Å². The van der Waals surface area contributed by atoms with Crippen LogP contribution in [0.3, 0.4) is 0 Å². The Morgan fingerprint density at radius 2 is 1.86 bits per heavy atom. The summed E-state index contributed by atoms with van der Waals surface area (Å²) in [6.45, 7) is 4.76. The van der Waals surface area contributed by atoms with Crippen LogP contribution < -0.4 is 9.47 Å². The summed E-state index contributed by atoms with van der Waals surface area (Å²) < 4.78 is 16.3. The lowest BCUT2D eigenvalue weighted by Crippen LogP contribution is -2.40. The summed E-state index contributed by atoms with van der Waals surface area (Å²) in [5.74, 6) is 0.304. The minimum absolute atomic E-state index is 0.0162. The molecule has 0 radical (unpaired) electrons. The van der Waals surface area contributed by atoms with Crippen molar-refractivity contribution in [2.45, 2.75) is 32.8 Å². The van der Waals surface area contributed by atoms with E-state index in [4.69, 9.17) is 14.2 Å². The number of piperidine rings is 1. The second-order valence-electron chi connectivity index (χ2n) is 6.66. The summed E-state index contributed by atoms with van der Waals surface area (Å²) in [6.07, 6.45) is 1.47. The van der Waals surface area contributed by atoms with Crippen molar-refractivity contribution >= 4 is 17.8 Å². The van der Waals surface area contributed by atoms with E-state index in [1.54, 1.807) is 44.0 Å². The van der Waals surface area contributed by atoms with Crippen LogP contribution in [0.5, 0.6) is 11.5 Å². The number of amides is 2. The van der Waals surface area contributed by atoms with Crippen molar-refractivity contribution < 1.29 is 28.6 Å². The van der Waals surface area contributed by atoms with Gasteiger partial charge in [0.15, 0.2) is 11.5 Å². The Bertz CT molecular complexity index is 713. The number of carbonyl (C=O) groups excluding carboxylic acids is 3. The summed E-state index contributed by atoms with van der Waals surface area (Å²) in [7, 11) is 3.05. The minimum atomic E-state index is -0.456. The van der Waals surface area contributed by atoms with Crippen LogP contribution >= 0.6 is 0 Å². The van der Waals surface area contributed by atoms with Gasteiger partial charge in [0.1, 0.15) is 12.6 Å². The standard InChI is InChI=1S/C20H28N2O6/c1-5-27-19(24)13-21(3)20(25)15-6-7-17(18(12-15)26-4)28-16-8-10-22(11-9-16)14(2)23/h6-7,12,16H,5,8-11,13H2,1-4H3. The number of likely N-dealkylation sites (tertiary alicyclic amines) is 1. The summed E-state index contributed by atoms with van der Waals surface area (Å²) >= 11 is 0. The van der Waals surface area contributed by atoms with Crippen LogP contribution in [0.1, 0.15) is 37.0 Å². The molecule has 154 valence electrons. The zero-order chi connectivity index (χ0) is 20.7. The number of esters is 1. The van der Waals surface area contributed by atoms with Gasteiger partial charge in [-0.15, -0.1) is 0 Å². The van der Waals surface area contributed by atoms with E-state index >= 15 is 0 Å². The molecule has 1 aromatic carbocycles. The van der Waals surface area contributed by atoms with Gasteiger partial charge >= 0.3 is 5.97 Å². The molecular formula is C20H28N2O6. The average molecular weight is 392 g/mol. The third-order valence-electron chi connectivity index (χ3n) is 4.61. The van der Waals surface area contributed by atoms with Crippen LogP contribution in [0.25, 0.3) is 0 Å². The number of likely N-dealkylation sites (N-methyl/N-ethyl adjacent to an activating group) is 1. The Kier molecular flexibility index (Phi) is 7.66. The van der Waals surface area contributed by atoms with Gasteiger partial charge in [0.25, 0.3) is 5.91 Å². The highest BCUT2D eigenvalue weighted by molar-refractivity contribution is 5.96. The summed E-state index contributed by atoms with van der Waals surface area (Å²) in [4.78, 5) is 38.6. The minimum Gasteiger partial charge on any atom is -0.493 e. The van der Waals surface area contributed by atoms with Crippen LogP contribution in [-0.2, 0) is 14.3 Å². The quantitative estimate of drug-likeness (QED) is 0.657. The summed E-state index contributed by atoms with van der Waals surface area (Å²) in [5.41, 5.74) is 0.391. The Hall–Kier alpha value is -2.77. The van der Waals surface area contributed by atoms with Crippen LogP contribution in [0.15, 0.2) is 18.2 Å². The number of ether oxygens (including phenoxy) is 3. The predicted octanol–water partition coefficient (Wildman–Crippen LogP) is 1.72. The van der Waals surface area contributed by atoms with Crippen molar-refractivity contribution in [1.82, 2.24) is 9.80 Å². The molecule has 0 atom stereocenters. The van der Waals surface area contributed by atoms with Gasteiger partial charge in [0, 0.05) is 45.5 Å². The Morgan fingerprint density at radius 1 is 1.18 bits per heavy atom. The first kappa shape index (κ1) is 21.5. The van der Waals surface area contributed by atoms with Gasteiger partial charge < -0.3 is 24.0 Å². The van der Waals surface area contributed by atoms with E-state index in [1.807, 2.05) is 0 Å². The van der Waals surface area contributed by atoms with Gasteiger partial charge in [-0.2, -0.15) is 0 Å². The third-order valence-corrected chi connectivity index (χ3v) is 4.61. The summed E-state index contributed by atoms with van der Waals surface area (Å²) in [5, 5.41) is 0. The average Bonchev–Trinajstić information content (AvgIpc) is 2.68. The molecule has 1 heterocycles. The van der Waals surface area contributed by atoms with Crippen LogP contribution in [-0.4, -0.2) is 74.1 Å². The topological polar surface area (TPSA) is 85.4 Å². The van der Waals surface area contributed by atoms with E-state index in [2.05, 4.69) is 0 Å². The zero-order valence-corrected chi connectivity index (χ0v) is 16.9. The van der Waals surface area contributed by atoms with E-state index < -0.39 is 5.97 Å². The maximum Gasteiger partial charge on any atom is 0.325 e. The predicted molar refractivity (Wildman–Crippen MR) is 102 cm³/mol. The molecule has 1 aliphatic rings. The first-order valence-corrected chi connectivity index (χ1v) is 9.37. The maximum atomic E-state index is 12.5. The second kappa shape index (κ2) is 9.96. The molecule has 0 bridgehead atoms. The molecule has 1 aliphatic heterocycles. The number of hydrogen-bond donors (Lipinski definition) is 0. The first-order chi connectivity index (χ1) is 13.3. The Morgan fingerprint density at radius 3 is 2.43 bits per heavy atom. The van der Waals surface area contributed by atoms with Crippen LogP contribution in [0.2, 0.25) is 0 Å². The molecule has 0 aliphatic carbocycles. The molecule has 1 saturated heterocycles. The molecule has 28 heavy (non-hydrogen) atoms. The SMILES string of the molecule is CCOC(=O)CN(C)C(=O)c1ccc(OC2CCN(C(C)=O)CC2)c(OC)c1. The van der Waals surface area contributed by atoms with E-state index in [9.17, 15) is 14.4 Å². The van der Waals surface area contributed by atoms with Gasteiger partial charge in [-0.3, -0.25) is 14.4 Å². The fraction of sp³-hybridized carbons (Fsp3) is 0.550. The number of benzene rings is 1. The van der Waals surface area contributed by atoms with Crippen molar-refractivity contribution in [3.8, 4) is 11.5 Å². The fourth-order valence-electron chi connectivity index (χ4n) is 3.06. The van der Waals surface area contributed by atoms with Crippen LogP contribution in [0, 0.1) is 0 Å². The number of rotatable bonds is 7. The first-order valence-electron chi connectivity index (χ1n) is 9.37. The molecule has 8 heteroatoms. The third kappa shape index (κ3) is 5.61. The van der Waals surface area contributed by atoms with Gasteiger partial charge in [-0.05, 0) is 25.1 Å². The maximum absolute atomic E-state index is 12.5. The highest BCUT2D eigenvalue weighted by Gasteiger charge is 2.24. The van der Waals surface area contributed by atoms with Crippen molar-refractivity contribution in [2.24, 2.45) is 0 Å². The molecule has 0 N–H and O–H groups in total. The van der Waals surface area contributed by atoms with Crippen molar-refractivity contribution in [2.75, 3.05) is 40.4 Å². The molecular weight excluding hydrogens is 364 g/mol. The molecule has 0 saturated carbocycles. The van der Waals surface area contributed by atoms with Crippen LogP contribution in [0.4, 0.5) is 0 Å². The number of hydrogen-bond acceptors (Lipinski definition) is 6. The molecule has 0 unspecified atom stereocenters. The van der Waals surface area contributed by atoms with E-state index in [1.165, 1.54) is 12.0 Å². The largest absolute Gasteiger partial charge is 0.493 e. The Labute approximate surface area is 165 Å². The monoisotopic (exact) mass is 392 g/mol. The number of carbonyl (C=O) groups is 3. The molecule has 2 amide bonds. The molecule has 1 aromatic rings. The van der Waals surface area contributed by atoms with Gasteiger partial charge in [0.2, 0.25) is 5.91 Å². The normalized spacial score (nSPS) is 14.4. The lowest BCUT2D eigenvalue weighted by atomic mass is 10.1. The second-order valence-corrected chi connectivity index (χ2v) is 6.66. The van der Waals surface area contributed by atoms with Crippen molar-refractivity contribution in [3.05, 3.63) is 23.8 Å². The van der Waals surface area contributed by atoms with E-state index in [0.717, 1.165) is 12.8 Å². The zero-order valence-electron chi connectivity index (χ0n) is 16.9. The lowest BCUT2D eigenvalue weighted by molar-refractivity contribution is -0.143. The van der Waals surface area contributed by atoms with Gasteiger partial charge in [-0.25, -0.2) is 0 Å². The number of nitrogens with zero attached hydrogens (tertiary/aromatic N) is 2. The van der Waals surface area contributed by atoms with Crippen molar-refractivity contribution in [1.29, 1.82) is 0 Å². The highest BCUT2D eigenvalue weighted by Crippen LogP contribution is 2.31.